The van der Waals surface area contributed by atoms with Crippen LogP contribution in [-0.2, 0) is 17.8 Å². The number of nitrogens with one attached hydrogen (secondary N) is 2. The van der Waals surface area contributed by atoms with Crippen molar-refractivity contribution in [2.24, 2.45) is 0 Å². The first-order chi connectivity index (χ1) is 9.74. The molecule has 0 aliphatic rings. The first-order valence-corrected chi connectivity index (χ1v) is 7.57. The molecule has 5 nitrogen and oxygen atoms in total. The van der Waals surface area contributed by atoms with Crippen LogP contribution in [0, 0.1) is 13.8 Å². The minimum Gasteiger partial charge on any atom is -0.444 e. The van der Waals surface area contributed by atoms with E-state index in [4.69, 9.17) is 4.74 Å². The second kappa shape index (κ2) is 7.50. The summed E-state index contributed by atoms with van der Waals surface area (Å²) in [4.78, 5) is 11.5. The summed E-state index contributed by atoms with van der Waals surface area (Å²) in [7, 11) is 0. The molecule has 21 heavy (non-hydrogen) atoms. The summed E-state index contributed by atoms with van der Waals surface area (Å²) in [5.41, 5.74) is 3.46. The lowest BCUT2D eigenvalue weighted by Gasteiger charge is -2.19. The van der Waals surface area contributed by atoms with E-state index in [0.29, 0.717) is 6.54 Å². The topological polar surface area (TPSA) is 55.3 Å². The van der Waals surface area contributed by atoms with Crippen molar-refractivity contribution >= 4 is 6.09 Å². The van der Waals surface area contributed by atoms with Crippen molar-refractivity contribution < 1.29 is 9.53 Å². The molecule has 1 amide bonds. The summed E-state index contributed by atoms with van der Waals surface area (Å²) < 4.78 is 7.48. The van der Waals surface area contributed by atoms with Crippen molar-refractivity contribution in [1.82, 2.24) is 15.2 Å². The maximum Gasteiger partial charge on any atom is 0.407 e. The summed E-state index contributed by atoms with van der Waals surface area (Å²) in [5.74, 6) is 0. The third-order valence-corrected chi connectivity index (χ3v) is 3.28. The lowest BCUT2D eigenvalue weighted by molar-refractivity contribution is 0.0528. The summed E-state index contributed by atoms with van der Waals surface area (Å²) >= 11 is 0. The molecule has 0 fully saturated rings. The van der Waals surface area contributed by atoms with Crippen LogP contribution in [0.15, 0.2) is 6.07 Å². The minimum absolute atomic E-state index is 0.367. The van der Waals surface area contributed by atoms with Gasteiger partial charge >= 0.3 is 6.09 Å². The first-order valence-electron chi connectivity index (χ1n) is 7.57. The molecule has 2 N–H and O–H groups in total. The van der Waals surface area contributed by atoms with E-state index in [-0.39, 0.29) is 6.09 Å². The van der Waals surface area contributed by atoms with Gasteiger partial charge in [-0.1, -0.05) is 0 Å². The molecule has 1 aromatic rings. The molecule has 0 atom stereocenters. The molecule has 1 rings (SSSR count). The lowest BCUT2D eigenvalue weighted by Crippen LogP contribution is -2.36. The molecular weight excluding hydrogens is 266 g/mol. The number of rotatable bonds is 6. The number of carbonyl (C=O) groups excluding carboxylic acids is 1. The Hall–Kier alpha value is -1.49. The fourth-order valence-electron chi connectivity index (χ4n) is 2.33. The highest BCUT2D eigenvalue weighted by molar-refractivity contribution is 5.67. The third kappa shape index (κ3) is 5.79. The largest absolute Gasteiger partial charge is 0.444 e. The predicted molar refractivity (Wildman–Crippen MR) is 85.5 cm³/mol. The van der Waals surface area contributed by atoms with E-state index in [1.807, 2.05) is 20.8 Å². The van der Waals surface area contributed by atoms with Crippen LogP contribution in [0.25, 0.3) is 0 Å². The highest BCUT2D eigenvalue weighted by Gasteiger charge is 2.15. The van der Waals surface area contributed by atoms with Gasteiger partial charge in [-0.2, -0.15) is 0 Å². The van der Waals surface area contributed by atoms with Crippen LogP contribution < -0.4 is 10.6 Å². The monoisotopic (exact) mass is 295 g/mol. The normalized spacial score (nSPS) is 11.5. The van der Waals surface area contributed by atoms with Gasteiger partial charge < -0.3 is 19.9 Å². The van der Waals surface area contributed by atoms with Crippen LogP contribution >= 0.6 is 0 Å². The third-order valence-electron chi connectivity index (χ3n) is 3.28. The molecule has 0 spiro atoms. The molecule has 0 aromatic carbocycles. The zero-order valence-electron chi connectivity index (χ0n) is 14.2. The second-order valence-corrected chi connectivity index (χ2v) is 6.25. The number of aromatic nitrogens is 1. The quantitative estimate of drug-likeness (QED) is 0.793. The van der Waals surface area contributed by atoms with Crippen LogP contribution in [0.1, 0.15) is 44.6 Å². The molecule has 1 aromatic heterocycles. The van der Waals surface area contributed by atoms with Gasteiger partial charge in [0.25, 0.3) is 0 Å². The molecule has 0 aliphatic carbocycles. The van der Waals surface area contributed by atoms with Gasteiger partial charge in [-0.15, -0.1) is 0 Å². The Kier molecular flexibility index (Phi) is 6.27. The van der Waals surface area contributed by atoms with Gasteiger partial charge in [0.15, 0.2) is 0 Å². The van der Waals surface area contributed by atoms with Crippen LogP contribution in [0.2, 0.25) is 0 Å². The van der Waals surface area contributed by atoms with Crippen molar-refractivity contribution in [1.29, 1.82) is 0 Å². The van der Waals surface area contributed by atoms with Gasteiger partial charge in [-0.25, -0.2) is 4.79 Å². The van der Waals surface area contributed by atoms with Gasteiger partial charge in [0, 0.05) is 37.6 Å². The van der Waals surface area contributed by atoms with E-state index in [0.717, 1.165) is 19.6 Å². The number of alkyl carbamates (subject to hydrolysis) is 1. The van der Waals surface area contributed by atoms with Gasteiger partial charge in [0.05, 0.1) is 0 Å². The number of amides is 1. The van der Waals surface area contributed by atoms with Crippen molar-refractivity contribution in [3.05, 3.63) is 23.0 Å². The van der Waals surface area contributed by atoms with Crippen LogP contribution in [0.3, 0.4) is 0 Å². The molecule has 0 saturated heterocycles. The van der Waals surface area contributed by atoms with Gasteiger partial charge in [0.2, 0.25) is 0 Å². The average Bonchev–Trinajstić information content (AvgIpc) is 2.61. The molecular formula is C16H29N3O2. The van der Waals surface area contributed by atoms with E-state index in [9.17, 15) is 4.79 Å². The van der Waals surface area contributed by atoms with Crippen molar-refractivity contribution in [2.75, 3.05) is 13.1 Å². The molecule has 0 radical (unpaired) electrons. The Morgan fingerprint density at radius 2 is 1.95 bits per heavy atom. The van der Waals surface area contributed by atoms with E-state index in [1.54, 1.807) is 0 Å². The van der Waals surface area contributed by atoms with Gasteiger partial charge in [-0.05, 0) is 53.2 Å². The molecule has 5 heteroatoms. The number of hydrogen-bond acceptors (Lipinski definition) is 3. The highest BCUT2D eigenvalue weighted by atomic mass is 16.6. The Morgan fingerprint density at radius 1 is 1.29 bits per heavy atom. The second-order valence-electron chi connectivity index (χ2n) is 6.25. The number of aryl methyl sites for hydroxylation is 1. The summed E-state index contributed by atoms with van der Waals surface area (Å²) in [6, 6.07) is 2.22. The van der Waals surface area contributed by atoms with Crippen molar-refractivity contribution in [2.45, 2.75) is 60.2 Å². The number of hydrogen-bond donors (Lipinski definition) is 2. The maximum atomic E-state index is 11.5. The van der Waals surface area contributed by atoms with E-state index in [1.165, 1.54) is 17.0 Å². The number of nitrogens with zero attached hydrogens (tertiary/aromatic N) is 1. The summed E-state index contributed by atoms with van der Waals surface area (Å²) in [5, 5.41) is 6.08. The van der Waals surface area contributed by atoms with Gasteiger partial charge in [0.1, 0.15) is 5.60 Å². The van der Waals surface area contributed by atoms with E-state index < -0.39 is 5.60 Å². The fraction of sp³-hybridized carbons (Fsp3) is 0.688. The smallest absolute Gasteiger partial charge is 0.407 e. The number of ether oxygens (including phenoxy) is 1. The Balaban J connectivity index is 2.28. The zero-order chi connectivity index (χ0) is 16.0. The lowest BCUT2D eigenvalue weighted by atomic mass is 10.2. The predicted octanol–water partition coefficient (Wildman–Crippen LogP) is 2.74. The molecule has 1 heterocycles. The molecule has 120 valence electrons. The van der Waals surface area contributed by atoms with Crippen molar-refractivity contribution in [3.63, 3.8) is 0 Å². The minimum atomic E-state index is -0.449. The summed E-state index contributed by atoms with van der Waals surface area (Å²) in [6.45, 7) is 15.1. The zero-order valence-corrected chi connectivity index (χ0v) is 14.2. The molecule has 0 saturated carbocycles. The summed E-state index contributed by atoms with van der Waals surface area (Å²) in [6.07, 6.45) is -0.367. The van der Waals surface area contributed by atoms with Crippen molar-refractivity contribution in [3.8, 4) is 0 Å². The van der Waals surface area contributed by atoms with Crippen LogP contribution in [0.4, 0.5) is 4.79 Å². The molecule has 0 aliphatic heterocycles. The van der Waals surface area contributed by atoms with E-state index >= 15 is 0 Å². The molecule has 0 bridgehead atoms. The van der Waals surface area contributed by atoms with Crippen LogP contribution in [0.5, 0.6) is 0 Å². The average molecular weight is 295 g/mol. The van der Waals surface area contributed by atoms with E-state index in [2.05, 4.69) is 42.0 Å². The molecule has 0 unspecified atom stereocenters. The maximum absolute atomic E-state index is 11.5. The SMILES string of the molecule is CCn1c(C)cc(CNCCNC(=O)OC(C)(C)C)c1C. The standard InChI is InChI=1S/C16H29N3O2/c1-7-19-12(2)10-14(13(19)3)11-17-8-9-18-15(20)21-16(4,5)6/h10,17H,7-9,11H2,1-6H3,(H,18,20). The Bertz CT molecular complexity index is 473. The van der Waals surface area contributed by atoms with Gasteiger partial charge in [-0.3, -0.25) is 0 Å². The number of carbonyl (C=O) groups is 1. The fourth-order valence-corrected chi connectivity index (χ4v) is 2.33. The Morgan fingerprint density at radius 3 is 2.48 bits per heavy atom. The Labute approximate surface area is 128 Å². The highest BCUT2D eigenvalue weighted by Crippen LogP contribution is 2.14. The first kappa shape index (κ1) is 17.6. The van der Waals surface area contributed by atoms with Crippen LogP contribution in [-0.4, -0.2) is 29.4 Å².